The Kier molecular flexibility index (Phi) is 4.07. The van der Waals surface area contributed by atoms with Crippen molar-refractivity contribution in [2.24, 2.45) is 0 Å². The molecule has 4 rings (SSSR count). The summed E-state index contributed by atoms with van der Waals surface area (Å²) in [5.41, 5.74) is 0.813. The van der Waals surface area contributed by atoms with E-state index in [1.54, 1.807) is 24.4 Å². The van der Waals surface area contributed by atoms with Gasteiger partial charge >= 0.3 is 5.69 Å². The van der Waals surface area contributed by atoms with Crippen LogP contribution in [0.25, 0.3) is 26.3 Å². The zero-order valence-electron chi connectivity index (χ0n) is 12.5. The highest BCUT2D eigenvalue weighted by Crippen LogP contribution is 2.34. The van der Waals surface area contributed by atoms with Crippen LogP contribution in [-0.2, 0) is 0 Å². The lowest BCUT2D eigenvalue weighted by molar-refractivity contribution is 0.896. The molecule has 0 saturated carbocycles. The van der Waals surface area contributed by atoms with Gasteiger partial charge in [0.2, 0.25) is 0 Å². The maximum atomic E-state index is 12.9. The van der Waals surface area contributed by atoms with E-state index in [0.29, 0.717) is 25.4 Å². The molecule has 3 aromatic heterocycles. The number of halogens is 2. The van der Waals surface area contributed by atoms with Crippen LogP contribution in [-0.4, -0.2) is 14.5 Å². The Bertz CT molecular complexity index is 1230. The van der Waals surface area contributed by atoms with E-state index >= 15 is 0 Å². The number of H-pyrrole nitrogens is 1. The topological polar surface area (TPSA) is 67.8 Å². The van der Waals surface area contributed by atoms with E-state index < -0.39 is 5.69 Å². The highest BCUT2D eigenvalue weighted by molar-refractivity contribution is 9.10. The number of nitrogens with one attached hydrogen (secondary N) is 1. The van der Waals surface area contributed by atoms with Gasteiger partial charge in [-0.2, -0.15) is 0 Å². The van der Waals surface area contributed by atoms with Gasteiger partial charge in [-0.05, 0) is 34.1 Å². The summed E-state index contributed by atoms with van der Waals surface area (Å²) >= 11 is 10.8. The zero-order valence-corrected chi connectivity index (χ0v) is 15.7. The molecule has 0 radical (unpaired) electrons. The van der Waals surface area contributed by atoms with E-state index in [9.17, 15) is 9.59 Å². The average molecular weight is 435 g/mol. The summed E-state index contributed by atoms with van der Waals surface area (Å²) in [6.07, 6.45) is 3.05. The molecule has 0 fully saturated rings. The number of pyridine rings is 1. The summed E-state index contributed by atoms with van der Waals surface area (Å²) in [7, 11) is 0. The molecule has 0 saturated heterocycles. The van der Waals surface area contributed by atoms with Crippen molar-refractivity contribution in [2.45, 2.75) is 0 Å². The van der Waals surface area contributed by atoms with Gasteiger partial charge in [-0.15, -0.1) is 11.3 Å². The minimum atomic E-state index is -0.513. The van der Waals surface area contributed by atoms with E-state index in [1.807, 2.05) is 18.2 Å². The smallest absolute Gasteiger partial charge is 0.306 e. The molecule has 0 spiro atoms. The predicted molar refractivity (Wildman–Crippen MR) is 104 cm³/mol. The molecule has 0 bridgehead atoms. The van der Waals surface area contributed by atoms with E-state index in [4.69, 9.17) is 11.6 Å². The third-order valence-electron chi connectivity index (χ3n) is 3.66. The number of benzene rings is 1. The summed E-state index contributed by atoms with van der Waals surface area (Å²) in [6, 6.07) is 10.8. The molecular weight excluding hydrogens is 426 g/mol. The van der Waals surface area contributed by atoms with E-state index in [2.05, 4.69) is 25.9 Å². The molecule has 0 unspecified atom stereocenters. The summed E-state index contributed by atoms with van der Waals surface area (Å²) in [5, 5.41) is 0.591. The molecule has 124 valence electrons. The van der Waals surface area contributed by atoms with Crippen LogP contribution >= 0.6 is 38.9 Å². The van der Waals surface area contributed by atoms with Crippen molar-refractivity contribution in [1.29, 1.82) is 0 Å². The lowest BCUT2D eigenvalue weighted by Gasteiger charge is -2.04. The van der Waals surface area contributed by atoms with Crippen LogP contribution in [0.1, 0.15) is 0 Å². The second-order valence-corrected chi connectivity index (χ2v) is 7.64. The highest BCUT2D eigenvalue weighted by atomic mass is 79.9. The van der Waals surface area contributed by atoms with Crippen molar-refractivity contribution < 1.29 is 0 Å². The Morgan fingerprint density at radius 3 is 2.72 bits per heavy atom. The minimum absolute atomic E-state index is 0.387. The van der Waals surface area contributed by atoms with Crippen molar-refractivity contribution in [3.63, 3.8) is 0 Å². The van der Waals surface area contributed by atoms with Gasteiger partial charge in [0.25, 0.3) is 5.56 Å². The maximum absolute atomic E-state index is 12.9. The Hall–Kier alpha value is -2.22. The first-order valence-corrected chi connectivity index (χ1v) is 9.18. The van der Waals surface area contributed by atoms with Crippen LogP contribution in [0.5, 0.6) is 0 Å². The molecule has 8 heteroatoms. The fraction of sp³-hybridized carbons (Fsp3) is 0. The second-order valence-electron chi connectivity index (χ2n) is 5.27. The Balaban J connectivity index is 1.99. The molecule has 0 amide bonds. The molecule has 4 aromatic rings. The fourth-order valence-electron chi connectivity index (χ4n) is 2.56. The van der Waals surface area contributed by atoms with Crippen LogP contribution in [0, 0.1) is 0 Å². The number of hydrogen-bond donors (Lipinski definition) is 1. The number of nitrogens with zero attached hydrogens (tertiary/aromatic N) is 2. The molecular formula is C17H9BrClN3O2S. The first kappa shape index (κ1) is 16.3. The molecule has 1 aromatic carbocycles. The maximum Gasteiger partial charge on any atom is 0.333 e. The number of fused-ring (bicyclic) bond motifs is 1. The second kappa shape index (κ2) is 6.25. The molecule has 0 aliphatic heterocycles. The molecule has 1 N–H and O–H groups in total. The van der Waals surface area contributed by atoms with Crippen molar-refractivity contribution in [3.8, 4) is 16.1 Å². The van der Waals surface area contributed by atoms with E-state index in [-0.39, 0.29) is 5.56 Å². The van der Waals surface area contributed by atoms with Crippen molar-refractivity contribution >= 4 is 49.1 Å². The Morgan fingerprint density at radius 2 is 1.96 bits per heavy atom. The monoisotopic (exact) mass is 433 g/mol. The van der Waals surface area contributed by atoms with Crippen LogP contribution in [0.2, 0.25) is 5.02 Å². The lowest BCUT2D eigenvalue weighted by atomic mass is 10.2. The number of hydrogen-bond acceptors (Lipinski definition) is 4. The van der Waals surface area contributed by atoms with Gasteiger partial charge in [-0.3, -0.25) is 9.78 Å². The lowest BCUT2D eigenvalue weighted by Crippen LogP contribution is -2.33. The standard InChI is InChI=1S/C17H9BrClN3O2S/c18-9-5-10(8-20-7-9)22-16(23)15-13(21-17(22)24)6-14(25-15)11-3-1-2-4-12(11)19/h1-8H,(H,21,24). The van der Waals surface area contributed by atoms with Gasteiger partial charge in [-0.25, -0.2) is 9.36 Å². The third-order valence-corrected chi connectivity index (χ3v) is 5.58. The van der Waals surface area contributed by atoms with Crippen molar-refractivity contribution in [2.75, 3.05) is 0 Å². The summed E-state index contributed by atoms with van der Waals surface area (Å²) < 4.78 is 2.21. The largest absolute Gasteiger partial charge is 0.333 e. The highest BCUT2D eigenvalue weighted by Gasteiger charge is 2.15. The predicted octanol–water partition coefficient (Wildman–Crippen LogP) is 4.22. The number of thiophene rings is 1. The Morgan fingerprint density at radius 1 is 1.16 bits per heavy atom. The van der Waals surface area contributed by atoms with Crippen molar-refractivity contribution in [3.05, 3.63) is 79.1 Å². The number of rotatable bonds is 2. The Labute approximate surface area is 158 Å². The quantitative estimate of drug-likeness (QED) is 0.514. The molecule has 0 atom stereocenters. The van der Waals surface area contributed by atoms with Gasteiger partial charge in [0.1, 0.15) is 4.70 Å². The van der Waals surface area contributed by atoms with E-state index in [0.717, 1.165) is 15.0 Å². The van der Waals surface area contributed by atoms with Gasteiger partial charge in [0.05, 0.1) is 17.4 Å². The van der Waals surface area contributed by atoms with Gasteiger partial charge in [-0.1, -0.05) is 29.8 Å². The van der Waals surface area contributed by atoms with Gasteiger partial charge in [0.15, 0.2) is 0 Å². The van der Waals surface area contributed by atoms with Crippen LogP contribution in [0.3, 0.4) is 0 Å². The SMILES string of the molecule is O=c1[nH]c2cc(-c3ccccc3Cl)sc2c(=O)n1-c1cncc(Br)c1. The number of aromatic amines is 1. The number of aromatic nitrogens is 3. The normalized spacial score (nSPS) is 11.1. The first-order valence-electron chi connectivity index (χ1n) is 7.19. The van der Waals surface area contributed by atoms with Gasteiger partial charge < -0.3 is 4.98 Å². The zero-order chi connectivity index (χ0) is 17.6. The molecule has 5 nitrogen and oxygen atoms in total. The van der Waals surface area contributed by atoms with Crippen molar-refractivity contribution in [1.82, 2.24) is 14.5 Å². The van der Waals surface area contributed by atoms with Crippen LogP contribution in [0.4, 0.5) is 0 Å². The summed E-state index contributed by atoms with van der Waals surface area (Å²) in [4.78, 5) is 32.9. The first-order chi connectivity index (χ1) is 12.0. The molecule has 25 heavy (non-hydrogen) atoms. The molecule has 0 aliphatic rings. The van der Waals surface area contributed by atoms with Crippen LogP contribution < -0.4 is 11.2 Å². The van der Waals surface area contributed by atoms with E-state index in [1.165, 1.54) is 17.5 Å². The fourth-order valence-corrected chi connectivity index (χ4v) is 4.29. The molecule has 0 aliphatic carbocycles. The summed E-state index contributed by atoms with van der Waals surface area (Å²) in [6.45, 7) is 0. The third kappa shape index (κ3) is 2.84. The van der Waals surface area contributed by atoms with Crippen LogP contribution in [0.15, 0.2) is 62.9 Å². The van der Waals surface area contributed by atoms with Gasteiger partial charge in [0, 0.05) is 26.1 Å². The summed E-state index contributed by atoms with van der Waals surface area (Å²) in [5.74, 6) is 0. The minimum Gasteiger partial charge on any atom is -0.306 e. The molecule has 3 heterocycles. The average Bonchev–Trinajstić information content (AvgIpc) is 2.99.